The Bertz CT molecular complexity index is 882. The summed E-state index contributed by atoms with van der Waals surface area (Å²) in [5.74, 6) is 0.611. The van der Waals surface area contributed by atoms with Crippen LogP contribution in [0, 0.1) is 0 Å². The quantitative estimate of drug-likeness (QED) is 0.803. The van der Waals surface area contributed by atoms with Crippen LogP contribution in [0.5, 0.6) is 0 Å². The average molecular weight is 318 g/mol. The van der Waals surface area contributed by atoms with Gasteiger partial charge in [-0.15, -0.1) is 0 Å². The third-order valence-electron chi connectivity index (χ3n) is 4.35. The first-order chi connectivity index (χ1) is 11.8. The van der Waals surface area contributed by atoms with Crippen molar-refractivity contribution >= 4 is 28.2 Å². The Morgan fingerprint density at radius 1 is 1.00 bits per heavy atom. The lowest BCUT2D eigenvalue weighted by Crippen LogP contribution is -2.21. The van der Waals surface area contributed by atoms with Gasteiger partial charge in [-0.2, -0.15) is 0 Å². The number of rotatable bonds is 3. The minimum Gasteiger partial charge on any atom is -0.357 e. The van der Waals surface area contributed by atoms with Crippen molar-refractivity contribution in [2.45, 2.75) is 12.8 Å². The Kier molecular flexibility index (Phi) is 3.83. The van der Waals surface area contributed by atoms with Gasteiger partial charge in [0.25, 0.3) is 5.91 Å². The number of nitrogens with zero attached hydrogens (tertiary/aromatic N) is 3. The second kappa shape index (κ2) is 6.28. The highest BCUT2D eigenvalue weighted by Crippen LogP contribution is 2.24. The first-order valence-electron chi connectivity index (χ1n) is 8.17. The summed E-state index contributed by atoms with van der Waals surface area (Å²) in [6, 6.07) is 15.6. The predicted molar refractivity (Wildman–Crippen MR) is 95.4 cm³/mol. The largest absolute Gasteiger partial charge is 0.357 e. The summed E-state index contributed by atoms with van der Waals surface area (Å²) in [7, 11) is 0. The molecule has 2 heterocycles. The summed E-state index contributed by atoms with van der Waals surface area (Å²) in [4.78, 5) is 23.2. The first-order valence-corrected chi connectivity index (χ1v) is 8.17. The van der Waals surface area contributed by atoms with Crippen molar-refractivity contribution in [2.75, 3.05) is 23.3 Å². The maximum absolute atomic E-state index is 12.6. The molecule has 1 aromatic heterocycles. The highest BCUT2D eigenvalue weighted by Gasteiger charge is 2.16. The zero-order chi connectivity index (χ0) is 16.4. The number of carbonyl (C=O) groups is 1. The normalized spacial score (nSPS) is 14.1. The van der Waals surface area contributed by atoms with Gasteiger partial charge >= 0.3 is 0 Å². The number of hydrogen-bond donors (Lipinski definition) is 1. The maximum Gasteiger partial charge on any atom is 0.274 e. The SMILES string of the molecule is O=C(Nc1cccc2ccccc12)c1cc(N2CCCC2)ncn1. The maximum atomic E-state index is 12.6. The molecule has 5 heteroatoms. The van der Waals surface area contributed by atoms with Crippen molar-refractivity contribution in [2.24, 2.45) is 0 Å². The molecule has 1 saturated heterocycles. The summed E-state index contributed by atoms with van der Waals surface area (Å²) >= 11 is 0. The molecule has 0 bridgehead atoms. The number of anilines is 2. The molecule has 1 fully saturated rings. The van der Waals surface area contributed by atoms with Crippen LogP contribution in [0.3, 0.4) is 0 Å². The molecule has 5 nitrogen and oxygen atoms in total. The molecule has 24 heavy (non-hydrogen) atoms. The number of carbonyl (C=O) groups excluding carboxylic acids is 1. The molecule has 3 aromatic rings. The van der Waals surface area contributed by atoms with Crippen molar-refractivity contribution in [3.05, 3.63) is 60.6 Å². The van der Waals surface area contributed by atoms with E-state index in [1.54, 1.807) is 6.07 Å². The van der Waals surface area contributed by atoms with Crippen molar-refractivity contribution in [1.82, 2.24) is 9.97 Å². The minimum atomic E-state index is -0.214. The van der Waals surface area contributed by atoms with Gasteiger partial charge in [0, 0.05) is 30.2 Å². The van der Waals surface area contributed by atoms with Crippen molar-refractivity contribution in [3.63, 3.8) is 0 Å². The standard InChI is InChI=1S/C19H18N4O/c24-19(17-12-18(21-13-20-17)23-10-3-4-11-23)22-16-9-5-7-14-6-1-2-8-15(14)16/h1-2,5-9,12-13H,3-4,10-11H2,(H,22,24). The lowest BCUT2D eigenvalue weighted by atomic mass is 10.1. The van der Waals surface area contributed by atoms with Gasteiger partial charge in [0.2, 0.25) is 0 Å². The third kappa shape index (κ3) is 2.80. The summed E-state index contributed by atoms with van der Waals surface area (Å²) in [5.41, 5.74) is 1.18. The second-order valence-electron chi connectivity index (χ2n) is 5.94. The van der Waals surface area contributed by atoms with Gasteiger partial charge in [0.1, 0.15) is 17.8 Å². The molecular weight excluding hydrogens is 300 g/mol. The fourth-order valence-corrected chi connectivity index (χ4v) is 3.11. The molecule has 4 rings (SSSR count). The van der Waals surface area contributed by atoms with E-state index in [-0.39, 0.29) is 5.91 Å². The number of amides is 1. The van der Waals surface area contributed by atoms with Gasteiger partial charge in [0.05, 0.1) is 0 Å². The third-order valence-corrected chi connectivity index (χ3v) is 4.35. The minimum absolute atomic E-state index is 0.214. The Morgan fingerprint density at radius 2 is 1.79 bits per heavy atom. The average Bonchev–Trinajstić information content (AvgIpc) is 3.17. The van der Waals surface area contributed by atoms with Crippen LogP contribution < -0.4 is 10.2 Å². The van der Waals surface area contributed by atoms with E-state index in [2.05, 4.69) is 20.2 Å². The van der Waals surface area contributed by atoms with Crippen LogP contribution in [-0.2, 0) is 0 Å². The monoisotopic (exact) mass is 318 g/mol. The van der Waals surface area contributed by atoms with Crippen LogP contribution in [0.2, 0.25) is 0 Å². The fourth-order valence-electron chi connectivity index (χ4n) is 3.11. The molecule has 0 radical (unpaired) electrons. The van der Waals surface area contributed by atoms with Crippen LogP contribution in [0.4, 0.5) is 11.5 Å². The Morgan fingerprint density at radius 3 is 2.67 bits per heavy atom. The van der Waals surface area contributed by atoms with E-state index in [1.165, 1.54) is 19.2 Å². The lowest BCUT2D eigenvalue weighted by molar-refractivity contribution is 0.102. The molecule has 1 aliphatic rings. The summed E-state index contributed by atoms with van der Waals surface area (Å²) in [5, 5.41) is 5.08. The molecule has 0 atom stereocenters. The van der Waals surface area contributed by atoms with E-state index < -0.39 is 0 Å². The van der Waals surface area contributed by atoms with Crippen molar-refractivity contribution in [3.8, 4) is 0 Å². The number of aromatic nitrogens is 2. The zero-order valence-corrected chi connectivity index (χ0v) is 13.3. The van der Waals surface area contributed by atoms with E-state index in [1.807, 2.05) is 42.5 Å². The molecule has 0 unspecified atom stereocenters. The molecular formula is C19H18N4O. The molecule has 1 N–H and O–H groups in total. The lowest BCUT2D eigenvalue weighted by Gasteiger charge is -2.16. The topological polar surface area (TPSA) is 58.1 Å². The highest BCUT2D eigenvalue weighted by molar-refractivity contribution is 6.08. The Balaban J connectivity index is 1.61. The zero-order valence-electron chi connectivity index (χ0n) is 13.3. The molecule has 0 spiro atoms. The van der Waals surface area contributed by atoms with Crippen LogP contribution in [0.1, 0.15) is 23.3 Å². The molecule has 2 aromatic carbocycles. The Labute approximate surface area is 140 Å². The summed E-state index contributed by atoms with van der Waals surface area (Å²) in [6.45, 7) is 1.97. The molecule has 120 valence electrons. The second-order valence-corrected chi connectivity index (χ2v) is 5.94. The number of fused-ring (bicyclic) bond motifs is 1. The van der Waals surface area contributed by atoms with Crippen molar-refractivity contribution < 1.29 is 4.79 Å². The van der Waals surface area contributed by atoms with Crippen LogP contribution in [0.15, 0.2) is 54.9 Å². The predicted octanol–water partition coefficient (Wildman–Crippen LogP) is 3.48. The summed E-state index contributed by atoms with van der Waals surface area (Å²) < 4.78 is 0. The molecule has 1 amide bonds. The van der Waals surface area contributed by atoms with E-state index in [4.69, 9.17) is 0 Å². The van der Waals surface area contributed by atoms with Gasteiger partial charge in [0.15, 0.2) is 0 Å². The van der Waals surface area contributed by atoms with Gasteiger partial charge in [-0.3, -0.25) is 4.79 Å². The molecule has 0 saturated carbocycles. The Hall–Kier alpha value is -2.95. The van der Waals surface area contributed by atoms with Gasteiger partial charge < -0.3 is 10.2 Å². The van der Waals surface area contributed by atoms with Crippen LogP contribution in [-0.4, -0.2) is 29.0 Å². The fraction of sp³-hybridized carbons (Fsp3) is 0.211. The first kappa shape index (κ1) is 14.6. The van der Waals surface area contributed by atoms with Crippen molar-refractivity contribution in [1.29, 1.82) is 0 Å². The van der Waals surface area contributed by atoms with E-state index in [9.17, 15) is 4.79 Å². The van der Waals surface area contributed by atoms with E-state index in [0.29, 0.717) is 5.69 Å². The summed E-state index contributed by atoms with van der Waals surface area (Å²) in [6.07, 6.45) is 3.80. The smallest absolute Gasteiger partial charge is 0.274 e. The van der Waals surface area contributed by atoms with E-state index >= 15 is 0 Å². The van der Waals surface area contributed by atoms with Gasteiger partial charge in [-0.25, -0.2) is 9.97 Å². The molecule has 0 aliphatic carbocycles. The number of hydrogen-bond acceptors (Lipinski definition) is 4. The van der Waals surface area contributed by atoms with Crippen LogP contribution >= 0.6 is 0 Å². The number of nitrogens with one attached hydrogen (secondary N) is 1. The van der Waals surface area contributed by atoms with Gasteiger partial charge in [-0.1, -0.05) is 36.4 Å². The van der Waals surface area contributed by atoms with Crippen LogP contribution in [0.25, 0.3) is 10.8 Å². The van der Waals surface area contributed by atoms with Gasteiger partial charge in [-0.05, 0) is 24.3 Å². The number of benzene rings is 2. The van der Waals surface area contributed by atoms with E-state index in [0.717, 1.165) is 35.4 Å². The molecule has 1 aliphatic heterocycles. The highest BCUT2D eigenvalue weighted by atomic mass is 16.1.